The summed E-state index contributed by atoms with van der Waals surface area (Å²) >= 11 is 0. The van der Waals surface area contributed by atoms with Gasteiger partial charge < -0.3 is 4.90 Å². The average Bonchev–Trinajstić information content (AvgIpc) is 2.25. The average molecular weight is 219 g/mol. The molecule has 0 spiro atoms. The van der Waals surface area contributed by atoms with E-state index in [-0.39, 0.29) is 11.2 Å². The van der Waals surface area contributed by atoms with E-state index in [0.29, 0.717) is 6.54 Å². The van der Waals surface area contributed by atoms with Crippen molar-refractivity contribution in [3.05, 3.63) is 30.3 Å². The number of rotatable bonds is 4. The van der Waals surface area contributed by atoms with Crippen molar-refractivity contribution in [2.75, 3.05) is 18.0 Å². The number of carbonyl (C=O) groups excluding carboxylic acids is 1. The van der Waals surface area contributed by atoms with Crippen LogP contribution in [0.3, 0.4) is 0 Å². The van der Waals surface area contributed by atoms with Crippen molar-refractivity contribution in [3.8, 4) is 0 Å². The van der Waals surface area contributed by atoms with Crippen LogP contribution in [0.25, 0.3) is 0 Å². The van der Waals surface area contributed by atoms with Crippen molar-refractivity contribution in [1.82, 2.24) is 0 Å². The zero-order valence-corrected chi connectivity index (χ0v) is 10.7. The minimum atomic E-state index is -0.262. The molecule has 1 aromatic rings. The van der Waals surface area contributed by atoms with Gasteiger partial charge in [0.05, 0.1) is 6.54 Å². The second-order valence-corrected chi connectivity index (χ2v) is 5.02. The zero-order valence-electron chi connectivity index (χ0n) is 10.7. The number of carbonyl (C=O) groups is 1. The summed E-state index contributed by atoms with van der Waals surface area (Å²) in [7, 11) is 0. The molecule has 1 rings (SSSR count). The monoisotopic (exact) mass is 219 g/mol. The molecular weight excluding hydrogens is 198 g/mol. The summed E-state index contributed by atoms with van der Waals surface area (Å²) in [6.45, 7) is 9.31. The minimum Gasteiger partial charge on any atom is -0.364 e. The summed E-state index contributed by atoms with van der Waals surface area (Å²) in [6, 6.07) is 10.1. The maximum absolute atomic E-state index is 12.0. The van der Waals surface area contributed by atoms with E-state index in [2.05, 4.69) is 11.8 Å². The molecule has 0 radical (unpaired) electrons. The molecule has 0 saturated heterocycles. The Morgan fingerprint density at radius 1 is 1.19 bits per heavy atom. The van der Waals surface area contributed by atoms with Gasteiger partial charge in [-0.05, 0) is 19.1 Å². The van der Waals surface area contributed by atoms with Crippen LogP contribution in [0, 0.1) is 5.41 Å². The minimum absolute atomic E-state index is 0.262. The van der Waals surface area contributed by atoms with E-state index in [0.717, 1.165) is 12.2 Å². The smallest absolute Gasteiger partial charge is 0.157 e. The second-order valence-electron chi connectivity index (χ2n) is 5.02. The number of ketones is 1. The summed E-state index contributed by atoms with van der Waals surface area (Å²) in [5.41, 5.74) is 0.852. The Kier molecular flexibility index (Phi) is 4.11. The molecule has 0 heterocycles. The maximum Gasteiger partial charge on any atom is 0.157 e. The Balaban J connectivity index is 2.75. The molecule has 0 atom stereocenters. The van der Waals surface area contributed by atoms with E-state index in [1.165, 1.54) is 0 Å². The molecule has 0 unspecified atom stereocenters. The van der Waals surface area contributed by atoms with Gasteiger partial charge >= 0.3 is 0 Å². The van der Waals surface area contributed by atoms with Gasteiger partial charge in [-0.2, -0.15) is 0 Å². The molecule has 0 saturated carbocycles. The lowest BCUT2D eigenvalue weighted by Gasteiger charge is -2.26. The van der Waals surface area contributed by atoms with Crippen LogP contribution in [0.5, 0.6) is 0 Å². The van der Waals surface area contributed by atoms with Crippen LogP contribution in [0.4, 0.5) is 5.69 Å². The third-order valence-corrected chi connectivity index (χ3v) is 2.67. The van der Waals surface area contributed by atoms with Gasteiger partial charge in [-0.1, -0.05) is 39.0 Å². The second kappa shape index (κ2) is 5.15. The van der Waals surface area contributed by atoms with Gasteiger partial charge in [-0.3, -0.25) is 4.79 Å². The zero-order chi connectivity index (χ0) is 12.2. The first-order valence-corrected chi connectivity index (χ1v) is 5.78. The molecule has 0 fully saturated rings. The first-order chi connectivity index (χ1) is 7.45. The van der Waals surface area contributed by atoms with Crippen molar-refractivity contribution in [2.45, 2.75) is 27.7 Å². The van der Waals surface area contributed by atoms with Gasteiger partial charge in [0.15, 0.2) is 5.78 Å². The van der Waals surface area contributed by atoms with Crippen LogP contribution in [0.1, 0.15) is 27.7 Å². The fourth-order valence-corrected chi connectivity index (χ4v) is 1.43. The highest BCUT2D eigenvalue weighted by Gasteiger charge is 2.22. The number of Topliss-reactive ketones (excluding diaryl/α,β-unsaturated/α-hetero) is 1. The highest BCUT2D eigenvalue weighted by molar-refractivity contribution is 5.88. The molecule has 0 amide bonds. The summed E-state index contributed by atoms with van der Waals surface area (Å²) in [6.07, 6.45) is 0. The van der Waals surface area contributed by atoms with Crippen LogP contribution in [-0.2, 0) is 4.79 Å². The Morgan fingerprint density at radius 3 is 2.19 bits per heavy atom. The quantitative estimate of drug-likeness (QED) is 0.775. The predicted octanol–water partition coefficient (Wildman–Crippen LogP) is 3.13. The lowest BCUT2D eigenvalue weighted by molar-refractivity contribution is -0.124. The molecule has 0 aliphatic heterocycles. The normalized spacial score (nSPS) is 11.2. The molecule has 0 aliphatic rings. The lowest BCUT2D eigenvalue weighted by Crippen LogP contribution is -2.35. The van der Waals surface area contributed by atoms with Gasteiger partial charge in [0, 0.05) is 17.6 Å². The van der Waals surface area contributed by atoms with Gasteiger partial charge in [-0.15, -0.1) is 0 Å². The van der Waals surface area contributed by atoms with Crippen molar-refractivity contribution in [3.63, 3.8) is 0 Å². The fourth-order valence-electron chi connectivity index (χ4n) is 1.43. The molecule has 0 N–H and O–H groups in total. The molecule has 0 aromatic heterocycles. The summed E-state index contributed by atoms with van der Waals surface area (Å²) in [5, 5.41) is 0. The Hall–Kier alpha value is -1.31. The van der Waals surface area contributed by atoms with Crippen molar-refractivity contribution >= 4 is 11.5 Å². The SMILES string of the molecule is CCN(CC(=O)C(C)(C)C)c1ccccc1. The number of hydrogen-bond donors (Lipinski definition) is 0. The van der Waals surface area contributed by atoms with Crippen LogP contribution >= 0.6 is 0 Å². The maximum atomic E-state index is 12.0. The van der Waals surface area contributed by atoms with Crippen LogP contribution in [0.15, 0.2) is 30.3 Å². The van der Waals surface area contributed by atoms with Crippen molar-refractivity contribution in [2.24, 2.45) is 5.41 Å². The van der Waals surface area contributed by atoms with Crippen LogP contribution in [0.2, 0.25) is 0 Å². The highest BCUT2D eigenvalue weighted by atomic mass is 16.1. The third-order valence-electron chi connectivity index (χ3n) is 2.67. The van der Waals surface area contributed by atoms with E-state index in [9.17, 15) is 4.79 Å². The van der Waals surface area contributed by atoms with Crippen LogP contribution in [-0.4, -0.2) is 18.9 Å². The van der Waals surface area contributed by atoms with E-state index in [1.54, 1.807) is 0 Å². The van der Waals surface area contributed by atoms with Gasteiger partial charge in [0.2, 0.25) is 0 Å². The molecule has 16 heavy (non-hydrogen) atoms. The number of nitrogens with zero attached hydrogens (tertiary/aromatic N) is 1. The number of para-hydroxylation sites is 1. The highest BCUT2D eigenvalue weighted by Crippen LogP contribution is 2.18. The number of hydrogen-bond acceptors (Lipinski definition) is 2. The third kappa shape index (κ3) is 3.37. The molecule has 2 heteroatoms. The van der Waals surface area contributed by atoms with Gasteiger partial charge in [-0.25, -0.2) is 0 Å². The molecule has 0 aliphatic carbocycles. The standard InChI is InChI=1S/C14H21NO/c1-5-15(11-13(16)14(2,3)4)12-9-7-6-8-10-12/h6-10H,5,11H2,1-4H3. The van der Waals surface area contributed by atoms with Crippen molar-refractivity contribution < 1.29 is 4.79 Å². The molecule has 2 nitrogen and oxygen atoms in total. The van der Waals surface area contributed by atoms with Gasteiger partial charge in [0.1, 0.15) is 0 Å². The number of benzene rings is 1. The van der Waals surface area contributed by atoms with E-state index < -0.39 is 0 Å². The van der Waals surface area contributed by atoms with E-state index >= 15 is 0 Å². The molecule has 1 aromatic carbocycles. The van der Waals surface area contributed by atoms with E-state index in [1.807, 2.05) is 51.1 Å². The fraction of sp³-hybridized carbons (Fsp3) is 0.500. The first kappa shape index (κ1) is 12.8. The Labute approximate surface area is 98.3 Å². The summed E-state index contributed by atoms with van der Waals surface area (Å²) < 4.78 is 0. The van der Waals surface area contributed by atoms with Crippen LogP contribution < -0.4 is 4.90 Å². The Morgan fingerprint density at radius 2 is 1.75 bits per heavy atom. The molecule has 0 bridgehead atoms. The number of anilines is 1. The largest absolute Gasteiger partial charge is 0.364 e. The molecule has 88 valence electrons. The van der Waals surface area contributed by atoms with Gasteiger partial charge in [0.25, 0.3) is 0 Å². The summed E-state index contributed by atoms with van der Waals surface area (Å²) in [5.74, 6) is 0.276. The molecular formula is C14H21NO. The van der Waals surface area contributed by atoms with Crippen molar-refractivity contribution in [1.29, 1.82) is 0 Å². The summed E-state index contributed by atoms with van der Waals surface area (Å²) in [4.78, 5) is 14.1. The first-order valence-electron chi connectivity index (χ1n) is 5.78. The van der Waals surface area contributed by atoms with E-state index in [4.69, 9.17) is 0 Å². The topological polar surface area (TPSA) is 20.3 Å². The predicted molar refractivity (Wildman–Crippen MR) is 68.8 cm³/mol. The lowest BCUT2D eigenvalue weighted by atomic mass is 9.90. The number of likely N-dealkylation sites (N-methyl/N-ethyl adjacent to an activating group) is 1. The Bertz CT molecular complexity index is 338.